The summed E-state index contributed by atoms with van der Waals surface area (Å²) in [7, 11) is 1.01. The van der Waals surface area contributed by atoms with Gasteiger partial charge in [0.2, 0.25) is 5.78 Å². The number of alkyl halides is 7. The molecule has 11 heteroatoms. The summed E-state index contributed by atoms with van der Waals surface area (Å²) >= 11 is 0. The number of fused-ring (bicyclic) bond motifs is 3. The van der Waals surface area contributed by atoms with Crippen LogP contribution in [-0.2, 0) is 7.05 Å². The molecule has 0 fully saturated rings. The summed E-state index contributed by atoms with van der Waals surface area (Å²) in [4.78, 5) is 24.4. The highest BCUT2D eigenvalue weighted by atomic mass is 19.4. The molecule has 0 amide bonds. The van der Waals surface area contributed by atoms with Gasteiger partial charge in [-0.15, -0.1) is 0 Å². The number of halogens is 7. The van der Waals surface area contributed by atoms with Gasteiger partial charge in [0, 0.05) is 17.8 Å². The van der Waals surface area contributed by atoms with Crippen molar-refractivity contribution in [3.05, 3.63) is 52.3 Å². The summed E-state index contributed by atoms with van der Waals surface area (Å²) in [6, 6.07) is 8.84. The molecule has 0 spiro atoms. The van der Waals surface area contributed by atoms with Crippen LogP contribution in [-0.4, -0.2) is 33.5 Å². The number of hydrogen-bond donors (Lipinski definition) is 1. The number of nitrogens with zero attached hydrogens (tertiary/aromatic N) is 1. The van der Waals surface area contributed by atoms with Crippen molar-refractivity contribution in [1.82, 2.24) is 4.57 Å². The van der Waals surface area contributed by atoms with Crippen LogP contribution in [0.3, 0.4) is 0 Å². The zero-order valence-corrected chi connectivity index (χ0v) is 14.3. The number of ketones is 1. The van der Waals surface area contributed by atoms with Crippen LogP contribution in [0.2, 0.25) is 0 Å². The molecule has 0 aliphatic heterocycles. The van der Waals surface area contributed by atoms with E-state index < -0.39 is 40.7 Å². The Labute approximate surface area is 156 Å². The fourth-order valence-electron chi connectivity index (χ4n) is 3.00. The molecule has 0 saturated heterocycles. The van der Waals surface area contributed by atoms with E-state index in [1.165, 1.54) is 12.1 Å². The monoisotopic (exact) mass is 421 g/mol. The third-order valence-electron chi connectivity index (χ3n) is 4.51. The number of rotatable bonds is 3. The molecule has 4 nitrogen and oxygen atoms in total. The SMILES string of the molecule is Cn1c(=O)c(C(=O)C(F)(F)C(F)(F)C(F)(F)F)c(O)c2ccc3ccccc3c21. The summed E-state index contributed by atoms with van der Waals surface area (Å²) < 4.78 is 92.0. The quantitative estimate of drug-likeness (QED) is 0.387. The number of aryl methyl sites for hydroxylation is 1. The van der Waals surface area contributed by atoms with Crippen LogP contribution in [0.25, 0.3) is 21.7 Å². The second-order valence-electron chi connectivity index (χ2n) is 6.25. The van der Waals surface area contributed by atoms with Crippen LogP contribution in [0.4, 0.5) is 30.7 Å². The smallest absolute Gasteiger partial charge is 0.460 e. The highest BCUT2D eigenvalue weighted by molar-refractivity contribution is 6.12. The predicted molar refractivity (Wildman–Crippen MR) is 88.6 cm³/mol. The maximum absolute atomic E-state index is 13.8. The molecule has 0 saturated carbocycles. The Kier molecular flexibility index (Phi) is 4.40. The number of benzene rings is 2. The topological polar surface area (TPSA) is 59.3 Å². The van der Waals surface area contributed by atoms with Crippen LogP contribution < -0.4 is 5.56 Å². The van der Waals surface area contributed by atoms with E-state index in [-0.39, 0.29) is 10.9 Å². The molecule has 1 heterocycles. The lowest BCUT2D eigenvalue weighted by Gasteiger charge is -2.27. The molecule has 0 unspecified atom stereocenters. The zero-order chi connectivity index (χ0) is 21.9. The molecule has 0 aliphatic carbocycles. The van der Waals surface area contributed by atoms with E-state index in [2.05, 4.69) is 0 Å². The van der Waals surface area contributed by atoms with Gasteiger partial charge in [0.1, 0.15) is 11.3 Å². The lowest BCUT2D eigenvalue weighted by Crippen LogP contribution is -2.57. The Bertz CT molecular complexity index is 1210. The predicted octanol–water partition coefficient (Wildman–Crippen LogP) is 4.41. The summed E-state index contributed by atoms with van der Waals surface area (Å²) in [5, 5.41) is 10.8. The molecule has 3 aromatic rings. The van der Waals surface area contributed by atoms with E-state index in [1.807, 2.05) is 0 Å². The normalized spacial score (nSPS) is 13.2. The van der Waals surface area contributed by atoms with Gasteiger partial charge in [-0.1, -0.05) is 30.3 Å². The Morgan fingerprint density at radius 1 is 0.931 bits per heavy atom. The van der Waals surface area contributed by atoms with Gasteiger partial charge in [-0.3, -0.25) is 9.59 Å². The van der Waals surface area contributed by atoms with Crippen molar-refractivity contribution >= 4 is 27.5 Å². The van der Waals surface area contributed by atoms with Gasteiger partial charge in [0.25, 0.3) is 5.56 Å². The van der Waals surface area contributed by atoms with Gasteiger partial charge in [-0.2, -0.15) is 30.7 Å². The standard InChI is InChI=1S/C18H10F7NO3/c1-26-12-9-5-3-2-4-8(9)6-7-10(12)13(27)11(15(26)29)14(28)16(19,20)17(21,22)18(23,24)25/h2-7,27H,1H3. The van der Waals surface area contributed by atoms with E-state index in [0.717, 1.165) is 13.1 Å². The van der Waals surface area contributed by atoms with Crippen molar-refractivity contribution in [1.29, 1.82) is 0 Å². The summed E-state index contributed by atoms with van der Waals surface area (Å²) in [5.74, 6) is -17.6. The molecule has 1 N–H and O–H groups in total. The third-order valence-corrected chi connectivity index (χ3v) is 4.51. The first-order valence-electron chi connectivity index (χ1n) is 7.84. The van der Waals surface area contributed by atoms with Crippen LogP contribution in [0.5, 0.6) is 5.75 Å². The Hall–Kier alpha value is -3.11. The number of Topliss-reactive ketones (excluding diaryl/α,β-unsaturated/α-hetero) is 1. The van der Waals surface area contributed by atoms with Gasteiger partial charge < -0.3 is 9.67 Å². The molecule has 3 rings (SSSR count). The van der Waals surface area contributed by atoms with Gasteiger partial charge in [-0.05, 0) is 11.5 Å². The summed E-state index contributed by atoms with van der Waals surface area (Å²) in [6.45, 7) is 0. The van der Waals surface area contributed by atoms with Gasteiger partial charge in [-0.25, -0.2) is 0 Å². The average Bonchev–Trinajstić information content (AvgIpc) is 2.64. The van der Waals surface area contributed by atoms with Gasteiger partial charge in [0.15, 0.2) is 0 Å². The number of aromatic nitrogens is 1. The lowest BCUT2D eigenvalue weighted by atomic mass is 9.97. The summed E-state index contributed by atoms with van der Waals surface area (Å²) in [6.07, 6.45) is -6.76. The van der Waals surface area contributed by atoms with Crippen LogP contribution in [0.1, 0.15) is 10.4 Å². The number of carbonyl (C=O) groups is 1. The molecule has 1 aromatic heterocycles. The van der Waals surface area contributed by atoms with Crippen LogP contribution in [0.15, 0.2) is 41.2 Å². The van der Waals surface area contributed by atoms with Crippen molar-refractivity contribution in [3.8, 4) is 5.75 Å². The number of aromatic hydroxyl groups is 1. The maximum atomic E-state index is 13.8. The van der Waals surface area contributed by atoms with Crippen LogP contribution >= 0.6 is 0 Å². The van der Waals surface area contributed by atoms with E-state index in [0.29, 0.717) is 15.3 Å². The van der Waals surface area contributed by atoms with E-state index in [1.54, 1.807) is 18.2 Å². The van der Waals surface area contributed by atoms with Crippen molar-refractivity contribution in [3.63, 3.8) is 0 Å². The van der Waals surface area contributed by atoms with E-state index >= 15 is 0 Å². The molecule has 154 valence electrons. The number of carbonyl (C=O) groups excluding carboxylic acids is 1. The number of pyridine rings is 1. The fourth-order valence-corrected chi connectivity index (χ4v) is 3.00. The molecular formula is C18H10F7NO3. The molecule has 2 aromatic carbocycles. The molecule has 29 heavy (non-hydrogen) atoms. The molecule has 0 aliphatic rings. The van der Waals surface area contributed by atoms with Crippen LogP contribution in [0, 0.1) is 0 Å². The second-order valence-corrected chi connectivity index (χ2v) is 6.25. The Morgan fingerprint density at radius 3 is 2.10 bits per heavy atom. The van der Waals surface area contributed by atoms with Gasteiger partial charge in [0.05, 0.1) is 5.52 Å². The first-order valence-corrected chi connectivity index (χ1v) is 7.84. The first-order chi connectivity index (χ1) is 13.2. The fraction of sp³-hybridized carbons (Fsp3) is 0.222. The first kappa shape index (κ1) is 20.6. The Morgan fingerprint density at radius 2 is 1.52 bits per heavy atom. The summed E-state index contributed by atoms with van der Waals surface area (Å²) in [5.41, 5.74) is -3.52. The zero-order valence-electron chi connectivity index (χ0n) is 14.3. The molecular weight excluding hydrogens is 411 g/mol. The van der Waals surface area contributed by atoms with Crippen molar-refractivity contribution in [2.75, 3.05) is 0 Å². The van der Waals surface area contributed by atoms with E-state index in [4.69, 9.17) is 0 Å². The minimum atomic E-state index is -6.76. The van der Waals surface area contributed by atoms with Crippen molar-refractivity contribution in [2.45, 2.75) is 18.0 Å². The largest absolute Gasteiger partial charge is 0.506 e. The second kappa shape index (κ2) is 6.19. The molecule has 0 atom stereocenters. The molecule has 0 radical (unpaired) electrons. The third kappa shape index (κ3) is 2.75. The minimum Gasteiger partial charge on any atom is -0.506 e. The van der Waals surface area contributed by atoms with Crippen molar-refractivity contribution < 1.29 is 40.6 Å². The highest BCUT2D eigenvalue weighted by Gasteiger charge is 2.76. The van der Waals surface area contributed by atoms with Crippen molar-refractivity contribution in [2.24, 2.45) is 7.05 Å². The van der Waals surface area contributed by atoms with E-state index in [9.17, 15) is 45.4 Å². The lowest BCUT2D eigenvalue weighted by molar-refractivity contribution is -0.339. The molecule has 0 bridgehead atoms. The maximum Gasteiger partial charge on any atom is 0.460 e. The minimum absolute atomic E-state index is 0.0203. The Balaban J connectivity index is 2.36. The van der Waals surface area contributed by atoms with Gasteiger partial charge >= 0.3 is 18.0 Å². The number of hydrogen-bond acceptors (Lipinski definition) is 3. The average molecular weight is 421 g/mol. The highest BCUT2D eigenvalue weighted by Crippen LogP contribution is 2.48.